The fourth-order valence-electron chi connectivity index (χ4n) is 2.89. The Morgan fingerprint density at radius 2 is 1.91 bits per heavy atom. The summed E-state index contributed by atoms with van der Waals surface area (Å²) >= 11 is 0. The highest BCUT2D eigenvalue weighted by molar-refractivity contribution is 5.80. The highest BCUT2D eigenvalue weighted by Gasteiger charge is 2.30. The molecule has 1 aliphatic carbocycles. The molecule has 0 aromatic heterocycles. The SMILES string of the molecule is O=C(Cc1cc(F)ccc1F)N[C@@H]1CCCCC[C@H]1C(=O)O. The van der Waals surface area contributed by atoms with Crippen LogP contribution in [0.15, 0.2) is 18.2 Å². The van der Waals surface area contributed by atoms with Gasteiger partial charge < -0.3 is 10.4 Å². The van der Waals surface area contributed by atoms with Crippen molar-refractivity contribution in [1.29, 1.82) is 0 Å². The molecular weight excluding hydrogens is 292 g/mol. The first-order chi connectivity index (χ1) is 10.5. The molecule has 1 aliphatic rings. The Balaban J connectivity index is 2.03. The molecule has 0 radical (unpaired) electrons. The molecule has 1 amide bonds. The molecule has 0 aliphatic heterocycles. The molecule has 1 aromatic carbocycles. The minimum atomic E-state index is -0.927. The summed E-state index contributed by atoms with van der Waals surface area (Å²) in [5.41, 5.74) is -0.0296. The number of amides is 1. The van der Waals surface area contributed by atoms with E-state index in [-0.39, 0.29) is 12.0 Å². The number of carbonyl (C=O) groups is 2. The van der Waals surface area contributed by atoms with Crippen LogP contribution >= 0.6 is 0 Å². The molecule has 0 unspecified atom stereocenters. The van der Waals surface area contributed by atoms with Gasteiger partial charge in [0, 0.05) is 11.6 Å². The van der Waals surface area contributed by atoms with E-state index >= 15 is 0 Å². The number of carboxylic acid groups (broad SMARTS) is 1. The number of hydrogen-bond acceptors (Lipinski definition) is 2. The molecule has 0 saturated heterocycles. The maximum Gasteiger partial charge on any atom is 0.308 e. The molecule has 1 aromatic rings. The largest absolute Gasteiger partial charge is 0.481 e. The fourth-order valence-corrected chi connectivity index (χ4v) is 2.89. The van der Waals surface area contributed by atoms with E-state index < -0.39 is 35.5 Å². The zero-order valence-corrected chi connectivity index (χ0v) is 12.1. The van der Waals surface area contributed by atoms with Crippen LogP contribution in [0.25, 0.3) is 0 Å². The number of hydrogen-bond donors (Lipinski definition) is 2. The number of benzene rings is 1. The number of carboxylic acids is 1. The van der Waals surface area contributed by atoms with Crippen LogP contribution in [0.5, 0.6) is 0 Å². The maximum absolute atomic E-state index is 13.5. The second-order valence-corrected chi connectivity index (χ2v) is 5.67. The van der Waals surface area contributed by atoms with Gasteiger partial charge in [-0.3, -0.25) is 9.59 Å². The lowest BCUT2D eigenvalue weighted by molar-refractivity contribution is -0.143. The van der Waals surface area contributed by atoms with E-state index in [9.17, 15) is 23.5 Å². The van der Waals surface area contributed by atoms with Crippen LogP contribution in [0.1, 0.15) is 37.7 Å². The van der Waals surface area contributed by atoms with Gasteiger partial charge in [-0.25, -0.2) is 8.78 Å². The van der Waals surface area contributed by atoms with Gasteiger partial charge in [-0.15, -0.1) is 0 Å². The first-order valence-electron chi connectivity index (χ1n) is 7.43. The van der Waals surface area contributed by atoms with Crippen molar-refractivity contribution in [1.82, 2.24) is 5.32 Å². The van der Waals surface area contributed by atoms with Gasteiger partial charge >= 0.3 is 5.97 Å². The highest BCUT2D eigenvalue weighted by Crippen LogP contribution is 2.24. The smallest absolute Gasteiger partial charge is 0.308 e. The van der Waals surface area contributed by atoms with Gasteiger partial charge in [-0.2, -0.15) is 0 Å². The normalized spacial score (nSPS) is 21.9. The number of halogens is 2. The predicted octanol–water partition coefficient (Wildman–Crippen LogP) is 2.66. The van der Waals surface area contributed by atoms with Gasteiger partial charge in [0.2, 0.25) is 5.91 Å². The van der Waals surface area contributed by atoms with Crippen LogP contribution in [0.4, 0.5) is 8.78 Å². The highest BCUT2D eigenvalue weighted by atomic mass is 19.1. The maximum atomic E-state index is 13.5. The molecule has 2 N–H and O–H groups in total. The van der Waals surface area contributed by atoms with Gasteiger partial charge in [-0.1, -0.05) is 19.3 Å². The van der Waals surface area contributed by atoms with Gasteiger partial charge in [0.25, 0.3) is 0 Å². The van der Waals surface area contributed by atoms with Crippen LogP contribution in [-0.4, -0.2) is 23.0 Å². The third-order valence-electron chi connectivity index (χ3n) is 4.04. The summed E-state index contributed by atoms with van der Waals surface area (Å²) in [6, 6.07) is 2.49. The Morgan fingerprint density at radius 1 is 1.18 bits per heavy atom. The Hall–Kier alpha value is -1.98. The minimum Gasteiger partial charge on any atom is -0.481 e. The van der Waals surface area contributed by atoms with E-state index in [1.165, 1.54) is 0 Å². The molecule has 2 atom stereocenters. The van der Waals surface area contributed by atoms with Crippen molar-refractivity contribution in [3.63, 3.8) is 0 Å². The van der Waals surface area contributed by atoms with Gasteiger partial charge in [0.05, 0.1) is 12.3 Å². The number of aliphatic carboxylic acids is 1. The lowest BCUT2D eigenvalue weighted by Gasteiger charge is -2.23. The van der Waals surface area contributed by atoms with Crippen LogP contribution in [0, 0.1) is 17.6 Å². The fraction of sp³-hybridized carbons (Fsp3) is 0.500. The Kier molecular flexibility index (Phi) is 5.46. The summed E-state index contributed by atoms with van der Waals surface area (Å²) in [5, 5.41) is 11.9. The first-order valence-corrected chi connectivity index (χ1v) is 7.43. The topological polar surface area (TPSA) is 66.4 Å². The van der Waals surface area contributed by atoms with Crippen molar-refractivity contribution >= 4 is 11.9 Å². The minimum absolute atomic E-state index is 0.0296. The summed E-state index contributed by atoms with van der Waals surface area (Å²) in [7, 11) is 0. The molecule has 1 saturated carbocycles. The van der Waals surface area contributed by atoms with Crippen LogP contribution in [0.2, 0.25) is 0 Å². The first kappa shape index (κ1) is 16.4. The number of rotatable bonds is 4. The molecule has 2 rings (SSSR count). The third kappa shape index (κ3) is 4.26. The van der Waals surface area contributed by atoms with E-state index in [4.69, 9.17) is 0 Å². The molecule has 1 fully saturated rings. The lowest BCUT2D eigenvalue weighted by atomic mass is 9.94. The van der Waals surface area contributed by atoms with Crippen molar-refractivity contribution in [2.24, 2.45) is 5.92 Å². The zero-order chi connectivity index (χ0) is 16.1. The number of nitrogens with one attached hydrogen (secondary N) is 1. The average Bonchev–Trinajstić information content (AvgIpc) is 2.68. The van der Waals surface area contributed by atoms with E-state index in [1.54, 1.807) is 0 Å². The summed E-state index contributed by atoms with van der Waals surface area (Å²) in [6.07, 6.45) is 3.43. The van der Waals surface area contributed by atoms with Crippen molar-refractivity contribution in [3.8, 4) is 0 Å². The van der Waals surface area contributed by atoms with E-state index in [0.717, 1.165) is 37.5 Å². The second-order valence-electron chi connectivity index (χ2n) is 5.67. The zero-order valence-electron chi connectivity index (χ0n) is 12.1. The van der Waals surface area contributed by atoms with Crippen LogP contribution in [0.3, 0.4) is 0 Å². The number of carbonyl (C=O) groups excluding carboxylic acids is 1. The van der Waals surface area contributed by atoms with Crippen molar-refractivity contribution in [2.75, 3.05) is 0 Å². The van der Waals surface area contributed by atoms with Gasteiger partial charge in [0.15, 0.2) is 0 Å². The quantitative estimate of drug-likeness (QED) is 0.840. The summed E-state index contributed by atoms with van der Waals surface area (Å²) < 4.78 is 26.6. The molecule has 0 bridgehead atoms. The van der Waals surface area contributed by atoms with E-state index in [1.807, 2.05) is 0 Å². The van der Waals surface area contributed by atoms with E-state index in [2.05, 4.69) is 5.32 Å². The lowest BCUT2D eigenvalue weighted by Crippen LogP contribution is -2.43. The predicted molar refractivity (Wildman–Crippen MR) is 76.2 cm³/mol. The monoisotopic (exact) mass is 311 g/mol. The van der Waals surface area contributed by atoms with Crippen LogP contribution < -0.4 is 5.32 Å². The molecule has 22 heavy (non-hydrogen) atoms. The standard InChI is InChI=1S/C16H19F2NO3/c17-11-6-7-13(18)10(8-11)9-15(20)19-14-5-3-1-2-4-12(14)16(21)22/h6-8,12,14H,1-5,9H2,(H,19,20)(H,21,22)/t12-,14-/m1/s1. The molecule has 4 nitrogen and oxygen atoms in total. The van der Waals surface area contributed by atoms with Gasteiger partial charge in [-0.05, 0) is 31.0 Å². The van der Waals surface area contributed by atoms with E-state index in [0.29, 0.717) is 12.8 Å². The third-order valence-corrected chi connectivity index (χ3v) is 4.04. The molecule has 0 heterocycles. The van der Waals surface area contributed by atoms with Crippen molar-refractivity contribution < 1.29 is 23.5 Å². The summed E-state index contributed by atoms with van der Waals surface area (Å²) in [6.45, 7) is 0. The Bertz CT molecular complexity index is 562. The molecule has 120 valence electrons. The van der Waals surface area contributed by atoms with Gasteiger partial charge in [0.1, 0.15) is 11.6 Å². The second kappa shape index (κ2) is 7.33. The summed E-state index contributed by atoms with van der Waals surface area (Å²) in [4.78, 5) is 23.3. The Labute approximate surface area is 127 Å². The Morgan fingerprint density at radius 3 is 2.64 bits per heavy atom. The van der Waals surface area contributed by atoms with Crippen molar-refractivity contribution in [2.45, 2.75) is 44.6 Å². The van der Waals surface area contributed by atoms with Crippen LogP contribution in [-0.2, 0) is 16.0 Å². The van der Waals surface area contributed by atoms with Crippen molar-refractivity contribution in [3.05, 3.63) is 35.4 Å². The molecular formula is C16H19F2NO3. The summed E-state index contributed by atoms with van der Waals surface area (Å²) in [5.74, 6) is -3.29. The molecule has 6 heteroatoms. The molecule has 0 spiro atoms. The average molecular weight is 311 g/mol.